The molecule has 1 fully saturated rings. The van der Waals surface area contributed by atoms with Gasteiger partial charge in [-0.2, -0.15) is 0 Å². The van der Waals surface area contributed by atoms with Gasteiger partial charge in [0.25, 0.3) is 0 Å². The molecule has 2 heteroatoms. The first-order chi connectivity index (χ1) is 7.22. The van der Waals surface area contributed by atoms with E-state index in [1.165, 1.54) is 18.4 Å². The Labute approximate surface area is 105 Å². The maximum absolute atomic E-state index is 6.09. The Morgan fingerprint density at radius 3 is 2.73 bits per heavy atom. The zero-order valence-electron chi connectivity index (χ0n) is 9.08. The fourth-order valence-electron chi connectivity index (χ4n) is 2.11. The fraction of sp³-hybridized carbons (Fsp3) is 0.538. The molecule has 0 radical (unpaired) electrons. The van der Waals surface area contributed by atoms with Gasteiger partial charge in [-0.15, -0.1) is 0 Å². The topological polar surface area (TPSA) is 9.23 Å². The van der Waals surface area contributed by atoms with Gasteiger partial charge >= 0.3 is 0 Å². The van der Waals surface area contributed by atoms with E-state index in [0.717, 1.165) is 10.8 Å². The van der Waals surface area contributed by atoms with E-state index < -0.39 is 0 Å². The number of hydrogen-bond acceptors (Lipinski definition) is 1. The van der Waals surface area contributed by atoms with Crippen molar-refractivity contribution in [3.05, 3.63) is 35.9 Å². The van der Waals surface area contributed by atoms with Crippen LogP contribution in [-0.2, 0) is 11.2 Å². The Morgan fingerprint density at radius 1 is 1.40 bits per heavy atom. The molecule has 2 rings (SSSR count). The van der Waals surface area contributed by atoms with Gasteiger partial charge in [-0.25, -0.2) is 0 Å². The Kier molecular flexibility index (Phi) is 3.67. The summed E-state index contributed by atoms with van der Waals surface area (Å²) in [5.74, 6) is 0. The Morgan fingerprint density at radius 2 is 2.13 bits per heavy atom. The summed E-state index contributed by atoms with van der Waals surface area (Å²) < 4.78 is 7.19. The van der Waals surface area contributed by atoms with E-state index in [9.17, 15) is 0 Å². The number of hydrogen-bond donors (Lipinski definition) is 0. The zero-order valence-corrected chi connectivity index (χ0v) is 11.2. The van der Waals surface area contributed by atoms with Gasteiger partial charge in [0.15, 0.2) is 0 Å². The third kappa shape index (κ3) is 2.94. The summed E-state index contributed by atoms with van der Waals surface area (Å²) in [6, 6.07) is 10.6. The lowest BCUT2D eigenvalue weighted by molar-refractivity contribution is -0.00915. The lowest BCUT2D eigenvalue weighted by Crippen LogP contribution is -2.27. The van der Waals surface area contributed by atoms with E-state index in [2.05, 4.69) is 59.8 Å². The summed E-state index contributed by atoms with van der Waals surface area (Å²) in [5, 5.41) is 0. The van der Waals surface area contributed by atoms with E-state index in [-0.39, 0.29) is 5.60 Å². The minimum absolute atomic E-state index is 0.125. The van der Waals surface area contributed by atoms with Gasteiger partial charge in [0.1, 0.15) is 0 Å². The van der Waals surface area contributed by atoms with Crippen molar-refractivity contribution in [2.24, 2.45) is 0 Å². The van der Waals surface area contributed by atoms with Crippen LogP contribution in [0.25, 0.3) is 0 Å². The lowest BCUT2D eigenvalue weighted by atomic mass is 10.0. The SMILES string of the molecule is CC1(CI)CCC(Cc2ccccc2)O1. The van der Waals surface area contributed by atoms with Crippen molar-refractivity contribution >= 4 is 22.6 Å². The first-order valence-electron chi connectivity index (χ1n) is 5.49. The molecule has 0 aliphatic carbocycles. The Hall–Kier alpha value is -0.0900. The summed E-state index contributed by atoms with van der Waals surface area (Å²) >= 11 is 2.42. The number of halogens is 1. The van der Waals surface area contributed by atoms with E-state index >= 15 is 0 Å². The van der Waals surface area contributed by atoms with Crippen LogP contribution in [0.15, 0.2) is 30.3 Å². The molecule has 0 saturated carbocycles. The summed E-state index contributed by atoms with van der Waals surface area (Å²) in [6.45, 7) is 2.23. The van der Waals surface area contributed by atoms with Crippen LogP contribution in [0.4, 0.5) is 0 Å². The second kappa shape index (κ2) is 4.83. The minimum Gasteiger partial charge on any atom is -0.371 e. The van der Waals surface area contributed by atoms with Gasteiger partial charge in [-0.3, -0.25) is 0 Å². The van der Waals surface area contributed by atoms with Crippen molar-refractivity contribution in [3.8, 4) is 0 Å². The van der Waals surface area contributed by atoms with Crippen LogP contribution in [0, 0.1) is 0 Å². The van der Waals surface area contributed by atoms with Gasteiger partial charge in [0.05, 0.1) is 11.7 Å². The predicted molar refractivity (Wildman–Crippen MR) is 71.5 cm³/mol. The second-order valence-electron chi connectivity index (χ2n) is 4.55. The maximum atomic E-state index is 6.09. The van der Waals surface area contributed by atoms with Gasteiger partial charge < -0.3 is 4.74 Å². The molecule has 15 heavy (non-hydrogen) atoms. The molecule has 1 nitrogen and oxygen atoms in total. The van der Waals surface area contributed by atoms with Crippen molar-refractivity contribution in [3.63, 3.8) is 0 Å². The van der Waals surface area contributed by atoms with Gasteiger partial charge in [-0.05, 0) is 31.7 Å². The molecule has 2 atom stereocenters. The number of alkyl halides is 1. The van der Waals surface area contributed by atoms with Crippen molar-refractivity contribution in [2.45, 2.75) is 37.9 Å². The number of benzene rings is 1. The van der Waals surface area contributed by atoms with E-state index in [4.69, 9.17) is 4.74 Å². The molecule has 0 amide bonds. The predicted octanol–water partition coefficient (Wildman–Crippen LogP) is 3.60. The average molecular weight is 316 g/mol. The molecule has 2 unspecified atom stereocenters. The molecule has 0 bridgehead atoms. The second-order valence-corrected chi connectivity index (χ2v) is 5.31. The zero-order chi connectivity index (χ0) is 10.7. The molecule has 82 valence electrons. The molecule has 1 heterocycles. The monoisotopic (exact) mass is 316 g/mol. The highest BCUT2D eigenvalue weighted by Gasteiger charge is 2.34. The van der Waals surface area contributed by atoms with E-state index in [1.54, 1.807) is 0 Å². The molecular weight excluding hydrogens is 299 g/mol. The highest BCUT2D eigenvalue weighted by Crippen LogP contribution is 2.33. The summed E-state index contributed by atoms with van der Waals surface area (Å²) in [5.41, 5.74) is 1.51. The van der Waals surface area contributed by atoms with Crippen molar-refractivity contribution in [2.75, 3.05) is 4.43 Å². The molecule has 1 aromatic carbocycles. The smallest absolute Gasteiger partial charge is 0.0748 e. The van der Waals surface area contributed by atoms with Crippen molar-refractivity contribution < 1.29 is 4.74 Å². The molecule has 1 aromatic rings. The highest BCUT2D eigenvalue weighted by molar-refractivity contribution is 14.1. The van der Waals surface area contributed by atoms with Gasteiger partial charge in [-0.1, -0.05) is 52.9 Å². The third-order valence-electron chi connectivity index (χ3n) is 3.04. The molecular formula is C13H17IO. The first-order valence-corrected chi connectivity index (χ1v) is 7.02. The standard InChI is InChI=1S/C13H17IO/c1-13(10-14)8-7-12(15-13)9-11-5-3-2-4-6-11/h2-6,12H,7-10H2,1H3. The quantitative estimate of drug-likeness (QED) is 0.611. The fourth-order valence-corrected chi connectivity index (χ4v) is 2.67. The summed E-state index contributed by atoms with van der Waals surface area (Å²) in [7, 11) is 0. The van der Waals surface area contributed by atoms with Gasteiger partial charge in [0.2, 0.25) is 0 Å². The largest absolute Gasteiger partial charge is 0.371 e. The molecule has 1 aliphatic rings. The Balaban J connectivity index is 1.93. The molecule has 1 saturated heterocycles. The minimum atomic E-state index is 0.125. The third-order valence-corrected chi connectivity index (χ3v) is 4.65. The van der Waals surface area contributed by atoms with Crippen LogP contribution >= 0.6 is 22.6 Å². The molecule has 1 aliphatic heterocycles. The van der Waals surface area contributed by atoms with Crippen LogP contribution in [0.5, 0.6) is 0 Å². The molecule has 0 spiro atoms. The average Bonchev–Trinajstić information content (AvgIpc) is 2.63. The summed E-state index contributed by atoms with van der Waals surface area (Å²) in [6.07, 6.45) is 3.89. The number of rotatable bonds is 3. The normalized spacial score (nSPS) is 30.7. The first kappa shape index (κ1) is 11.4. The van der Waals surface area contributed by atoms with E-state index in [0.29, 0.717) is 6.10 Å². The van der Waals surface area contributed by atoms with Crippen LogP contribution in [0.3, 0.4) is 0 Å². The molecule has 0 aromatic heterocycles. The molecule has 0 N–H and O–H groups in total. The van der Waals surface area contributed by atoms with Crippen LogP contribution in [0.1, 0.15) is 25.3 Å². The van der Waals surface area contributed by atoms with E-state index in [1.807, 2.05) is 0 Å². The van der Waals surface area contributed by atoms with Crippen LogP contribution in [0.2, 0.25) is 0 Å². The van der Waals surface area contributed by atoms with Crippen molar-refractivity contribution in [1.29, 1.82) is 0 Å². The van der Waals surface area contributed by atoms with Gasteiger partial charge in [0, 0.05) is 4.43 Å². The number of ether oxygens (including phenoxy) is 1. The van der Waals surface area contributed by atoms with Crippen molar-refractivity contribution in [1.82, 2.24) is 0 Å². The van der Waals surface area contributed by atoms with Crippen LogP contribution in [-0.4, -0.2) is 16.1 Å². The Bertz CT molecular complexity index is 312. The maximum Gasteiger partial charge on any atom is 0.0748 e. The highest BCUT2D eigenvalue weighted by atomic mass is 127. The van der Waals surface area contributed by atoms with Crippen LogP contribution < -0.4 is 0 Å². The lowest BCUT2D eigenvalue weighted by Gasteiger charge is -2.22. The summed E-state index contributed by atoms with van der Waals surface area (Å²) in [4.78, 5) is 0.